The van der Waals surface area contributed by atoms with Crippen LogP contribution in [0.5, 0.6) is 11.5 Å². The van der Waals surface area contributed by atoms with Crippen LogP contribution in [0.25, 0.3) is 0 Å². The van der Waals surface area contributed by atoms with Gasteiger partial charge in [-0.3, -0.25) is 4.90 Å². The van der Waals surface area contributed by atoms with Crippen molar-refractivity contribution in [2.45, 2.75) is 12.6 Å². The highest BCUT2D eigenvalue weighted by molar-refractivity contribution is 5.40. The quantitative estimate of drug-likeness (QED) is 0.788. The number of rotatable bonds is 4. The molecule has 1 aromatic heterocycles. The Bertz CT molecular complexity index is 664. The van der Waals surface area contributed by atoms with Gasteiger partial charge in [-0.2, -0.15) is 10.2 Å². The first kappa shape index (κ1) is 13.4. The fourth-order valence-electron chi connectivity index (χ4n) is 2.02. The van der Waals surface area contributed by atoms with E-state index >= 15 is 0 Å². The van der Waals surface area contributed by atoms with Gasteiger partial charge in [0.2, 0.25) is 6.10 Å². The Kier molecular flexibility index (Phi) is 3.71. The molecule has 0 amide bonds. The van der Waals surface area contributed by atoms with E-state index in [1.54, 1.807) is 4.90 Å². The van der Waals surface area contributed by atoms with Gasteiger partial charge >= 0.3 is 0 Å². The molecule has 1 aromatic carbocycles. The summed E-state index contributed by atoms with van der Waals surface area (Å²) in [5.41, 5.74) is 0. The maximum absolute atomic E-state index is 8.62. The highest BCUT2D eigenvalue weighted by atomic mass is 16.6. The molecule has 0 spiro atoms. The Hall–Kier alpha value is -2.59. The molecule has 0 saturated carbocycles. The minimum Gasteiger partial charge on any atom is -0.485 e. The number of benzene rings is 1. The SMILES string of the molecule is CN(CC#N)Cc1noc([C@H]2COc3ccccc3O2)n1. The Balaban J connectivity index is 1.69. The topological polar surface area (TPSA) is 84.4 Å². The van der Waals surface area contributed by atoms with E-state index in [1.165, 1.54) is 0 Å². The molecule has 0 N–H and O–H groups in total. The van der Waals surface area contributed by atoms with E-state index in [2.05, 4.69) is 16.2 Å². The molecule has 108 valence electrons. The van der Waals surface area contributed by atoms with Gasteiger partial charge in [0, 0.05) is 0 Å². The van der Waals surface area contributed by atoms with E-state index in [0.717, 1.165) is 0 Å². The molecule has 21 heavy (non-hydrogen) atoms. The summed E-state index contributed by atoms with van der Waals surface area (Å²) in [4.78, 5) is 6.09. The maximum atomic E-state index is 8.62. The van der Waals surface area contributed by atoms with Crippen molar-refractivity contribution in [3.05, 3.63) is 36.0 Å². The highest BCUT2D eigenvalue weighted by Crippen LogP contribution is 2.35. The van der Waals surface area contributed by atoms with Crippen molar-refractivity contribution in [3.63, 3.8) is 0 Å². The van der Waals surface area contributed by atoms with Gasteiger partial charge in [-0.25, -0.2) is 0 Å². The molecule has 2 aromatic rings. The summed E-state index contributed by atoms with van der Waals surface area (Å²) in [5, 5.41) is 12.5. The van der Waals surface area contributed by atoms with Crippen LogP contribution < -0.4 is 9.47 Å². The summed E-state index contributed by atoms with van der Waals surface area (Å²) < 4.78 is 16.6. The standard InChI is InChI=1S/C14H14N4O3/c1-18(7-6-15)8-13-16-14(21-17-13)12-9-19-10-4-2-3-5-11(10)20-12/h2-5,12H,7-9H2,1H3/t12-/m1/s1. The lowest BCUT2D eigenvalue weighted by Crippen LogP contribution is -2.22. The van der Waals surface area contributed by atoms with Gasteiger partial charge in [0.05, 0.1) is 19.2 Å². The number of aromatic nitrogens is 2. The van der Waals surface area contributed by atoms with Crippen LogP contribution in [0.3, 0.4) is 0 Å². The van der Waals surface area contributed by atoms with Crippen molar-refractivity contribution >= 4 is 0 Å². The molecular weight excluding hydrogens is 272 g/mol. The average molecular weight is 286 g/mol. The van der Waals surface area contributed by atoms with Gasteiger partial charge in [0.1, 0.15) is 6.61 Å². The predicted octanol–water partition coefficient (Wildman–Crippen LogP) is 1.54. The molecule has 0 radical (unpaired) electrons. The molecule has 0 aliphatic carbocycles. The molecule has 0 unspecified atom stereocenters. The van der Waals surface area contributed by atoms with Crippen molar-refractivity contribution < 1.29 is 14.0 Å². The van der Waals surface area contributed by atoms with E-state index in [9.17, 15) is 0 Å². The summed E-state index contributed by atoms with van der Waals surface area (Å²) in [5.74, 6) is 2.27. The number of hydrogen-bond donors (Lipinski definition) is 0. The molecule has 1 atom stereocenters. The van der Waals surface area contributed by atoms with E-state index < -0.39 is 6.10 Å². The molecule has 1 aliphatic heterocycles. The predicted molar refractivity (Wildman–Crippen MR) is 71.6 cm³/mol. The molecular formula is C14H14N4O3. The van der Waals surface area contributed by atoms with Crippen LogP contribution in [0.15, 0.2) is 28.8 Å². The number of hydrogen-bond acceptors (Lipinski definition) is 7. The van der Waals surface area contributed by atoms with Crippen molar-refractivity contribution in [1.29, 1.82) is 5.26 Å². The Morgan fingerprint density at radius 1 is 1.38 bits per heavy atom. The minimum absolute atomic E-state index is 0.306. The summed E-state index contributed by atoms with van der Waals surface area (Å²) >= 11 is 0. The minimum atomic E-state index is -0.414. The third kappa shape index (κ3) is 2.95. The lowest BCUT2D eigenvalue weighted by atomic mass is 10.2. The Morgan fingerprint density at radius 3 is 3.00 bits per heavy atom. The molecule has 1 aliphatic rings. The van der Waals surface area contributed by atoms with Crippen molar-refractivity contribution in [3.8, 4) is 17.6 Å². The lowest BCUT2D eigenvalue weighted by Gasteiger charge is -2.23. The highest BCUT2D eigenvalue weighted by Gasteiger charge is 2.27. The van der Waals surface area contributed by atoms with Gasteiger partial charge in [-0.1, -0.05) is 17.3 Å². The van der Waals surface area contributed by atoms with Gasteiger partial charge in [-0.15, -0.1) is 0 Å². The van der Waals surface area contributed by atoms with Crippen LogP contribution in [0.1, 0.15) is 17.8 Å². The first-order valence-electron chi connectivity index (χ1n) is 6.52. The normalized spacial score (nSPS) is 16.7. The fraction of sp³-hybridized carbons (Fsp3) is 0.357. The zero-order valence-electron chi connectivity index (χ0n) is 11.5. The number of para-hydroxylation sites is 2. The van der Waals surface area contributed by atoms with Crippen LogP contribution in [-0.2, 0) is 6.54 Å². The third-order valence-corrected chi connectivity index (χ3v) is 3.02. The van der Waals surface area contributed by atoms with Crippen molar-refractivity contribution in [2.24, 2.45) is 0 Å². The largest absolute Gasteiger partial charge is 0.485 e. The second kappa shape index (κ2) is 5.81. The summed E-state index contributed by atoms with van der Waals surface area (Å²) in [7, 11) is 1.82. The van der Waals surface area contributed by atoms with Crippen LogP contribution in [0.4, 0.5) is 0 Å². The Labute approximate surface area is 121 Å². The van der Waals surface area contributed by atoms with E-state index in [4.69, 9.17) is 19.3 Å². The zero-order valence-corrected chi connectivity index (χ0v) is 11.5. The number of fused-ring (bicyclic) bond motifs is 1. The van der Waals surface area contributed by atoms with E-state index in [-0.39, 0.29) is 0 Å². The van der Waals surface area contributed by atoms with Crippen LogP contribution in [0.2, 0.25) is 0 Å². The van der Waals surface area contributed by atoms with E-state index in [0.29, 0.717) is 42.9 Å². The van der Waals surface area contributed by atoms with Crippen molar-refractivity contribution in [2.75, 3.05) is 20.2 Å². The van der Waals surface area contributed by atoms with Crippen molar-refractivity contribution in [1.82, 2.24) is 15.0 Å². The average Bonchev–Trinajstić information content (AvgIpc) is 2.95. The number of ether oxygens (including phenoxy) is 2. The van der Waals surface area contributed by atoms with Crippen LogP contribution in [0, 0.1) is 11.3 Å². The fourth-order valence-corrected chi connectivity index (χ4v) is 2.02. The van der Waals surface area contributed by atoms with Gasteiger partial charge in [0.25, 0.3) is 5.89 Å². The first-order chi connectivity index (χ1) is 10.3. The number of nitriles is 1. The zero-order chi connectivity index (χ0) is 14.7. The molecule has 7 nitrogen and oxygen atoms in total. The second-order valence-electron chi connectivity index (χ2n) is 4.74. The monoisotopic (exact) mass is 286 g/mol. The lowest BCUT2D eigenvalue weighted by molar-refractivity contribution is 0.0665. The Morgan fingerprint density at radius 2 is 2.19 bits per heavy atom. The van der Waals surface area contributed by atoms with E-state index in [1.807, 2.05) is 31.3 Å². The summed E-state index contributed by atoms with van der Waals surface area (Å²) in [6.45, 7) is 1.08. The summed E-state index contributed by atoms with van der Waals surface area (Å²) in [6, 6.07) is 9.51. The second-order valence-corrected chi connectivity index (χ2v) is 4.74. The molecule has 7 heteroatoms. The van der Waals surface area contributed by atoms with Gasteiger partial charge in [0.15, 0.2) is 17.3 Å². The molecule has 0 bridgehead atoms. The van der Waals surface area contributed by atoms with Crippen LogP contribution >= 0.6 is 0 Å². The van der Waals surface area contributed by atoms with Gasteiger partial charge < -0.3 is 14.0 Å². The third-order valence-electron chi connectivity index (χ3n) is 3.02. The molecule has 2 heterocycles. The maximum Gasteiger partial charge on any atom is 0.271 e. The molecule has 0 fully saturated rings. The van der Waals surface area contributed by atoms with Gasteiger partial charge in [-0.05, 0) is 19.2 Å². The number of nitrogens with zero attached hydrogens (tertiary/aromatic N) is 4. The molecule has 3 rings (SSSR count). The first-order valence-corrected chi connectivity index (χ1v) is 6.52. The molecule has 0 saturated heterocycles. The van der Waals surface area contributed by atoms with Crippen LogP contribution in [-0.4, -0.2) is 35.2 Å². The summed E-state index contributed by atoms with van der Waals surface area (Å²) in [6.07, 6.45) is -0.414. The smallest absolute Gasteiger partial charge is 0.271 e.